The van der Waals surface area contributed by atoms with Crippen molar-refractivity contribution in [1.29, 1.82) is 0 Å². The van der Waals surface area contributed by atoms with Gasteiger partial charge in [-0.3, -0.25) is 19.6 Å². The average molecular weight is 436 g/mol. The molecule has 0 radical (unpaired) electrons. The number of carbonyl (C=O) groups excluding carboxylic acids is 2. The highest BCUT2D eigenvalue weighted by atomic mass is 16.6. The van der Waals surface area contributed by atoms with E-state index in [1.165, 1.54) is 0 Å². The van der Waals surface area contributed by atoms with Gasteiger partial charge in [0.05, 0.1) is 23.6 Å². The van der Waals surface area contributed by atoms with Crippen LogP contribution in [-0.4, -0.2) is 33.2 Å². The molecule has 3 rings (SSSR count). The Morgan fingerprint density at radius 3 is 2.25 bits per heavy atom. The highest BCUT2D eigenvalue weighted by Crippen LogP contribution is 2.22. The summed E-state index contributed by atoms with van der Waals surface area (Å²) in [7, 11) is 0. The Balaban J connectivity index is 1.64. The summed E-state index contributed by atoms with van der Waals surface area (Å²) in [5.41, 5.74) is 3.16. The van der Waals surface area contributed by atoms with Crippen LogP contribution in [0.4, 0.5) is 11.4 Å². The Morgan fingerprint density at radius 2 is 1.69 bits per heavy atom. The van der Waals surface area contributed by atoms with Gasteiger partial charge in [0.15, 0.2) is 0 Å². The Hall–Kier alpha value is -4.01. The maximum atomic E-state index is 12.5. The molecule has 0 aliphatic rings. The molecule has 1 N–H and O–H groups in total. The Kier molecular flexibility index (Phi) is 6.99. The zero-order valence-electron chi connectivity index (χ0n) is 18.1. The monoisotopic (exact) mass is 436 g/mol. The first-order chi connectivity index (χ1) is 15.3. The highest BCUT2D eigenvalue weighted by molar-refractivity contribution is 6.04. The molecule has 9 heteroatoms. The summed E-state index contributed by atoms with van der Waals surface area (Å²) >= 11 is 0. The van der Waals surface area contributed by atoms with Gasteiger partial charge in [0, 0.05) is 11.3 Å². The second-order valence-electron chi connectivity index (χ2n) is 7.30. The van der Waals surface area contributed by atoms with Crippen LogP contribution >= 0.6 is 0 Å². The van der Waals surface area contributed by atoms with Crippen LogP contribution in [0.1, 0.15) is 51.0 Å². The molecule has 0 unspecified atom stereocenters. The minimum absolute atomic E-state index is 0.0191. The molecule has 0 saturated heterocycles. The number of nitro groups is 1. The third-order valence-electron chi connectivity index (χ3n) is 4.89. The fraction of sp³-hybridized carbons (Fsp3) is 0.261. The summed E-state index contributed by atoms with van der Waals surface area (Å²) in [6.45, 7) is 5.91. The van der Waals surface area contributed by atoms with Crippen LogP contribution in [0.15, 0.2) is 48.5 Å². The second-order valence-corrected chi connectivity index (χ2v) is 7.30. The minimum atomic E-state index is -0.428. The number of amides is 1. The SMILES string of the molecule is CCCOC(=O)c1ccc(NC(=O)c2ccc(Cn3nc(C)c([N+](=O)[O-])c3C)cc2)cc1. The highest BCUT2D eigenvalue weighted by Gasteiger charge is 2.21. The fourth-order valence-electron chi connectivity index (χ4n) is 3.21. The molecule has 32 heavy (non-hydrogen) atoms. The van der Waals surface area contributed by atoms with Crippen LogP contribution in [0.2, 0.25) is 0 Å². The van der Waals surface area contributed by atoms with Gasteiger partial charge in [-0.2, -0.15) is 5.10 Å². The molecule has 3 aromatic rings. The lowest BCUT2D eigenvalue weighted by Crippen LogP contribution is -2.12. The Bertz CT molecular complexity index is 1130. The predicted octanol–water partition coefficient (Wildman–Crippen LogP) is 4.28. The third kappa shape index (κ3) is 5.18. The number of hydrogen-bond acceptors (Lipinski definition) is 6. The van der Waals surface area contributed by atoms with Crippen LogP contribution in [0.3, 0.4) is 0 Å². The summed E-state index contributed by atoms with van der Waals surface area (Å²) < 4.78 is 6.66. The summed E-state index contributed by atoms with van der Waals surface area (Å²) in [5, 5.41) is 18.2. The van der Waals surface area contributed by atoms with E-state index in [4.69, 9.17) is 4.74 Å². The van der Waals surface area contributed by atoms with Crippen LogP contribution < -0.4 is 5.32 Å². The molecule has 1 aromatic heterocycles. The molecule has 9 nitrogen and oxygen atoms in total. The van der Waals surface area contributed by atoms with E-state index in [0.29, 0.717) is 41.4 Å². The van der Waals surface area contributed by atoms with Gasteiger partial charge in [-0.25, -0.2) is 4.79 Å². The molecule has 1 amide bonds. The molecular formula is C23H24N4O5. The number of nitrogens with zero attached hydrogens (tertiary/aromatic N) is 3. The number of anilines is 1. The smallest absolute Gasteiger partial charge is 0.338 e. The second kappa shape index (κ2) is 9.86. The maximum Gasteiger partial charge on any atom is 0.338 e. The number of carbonyl (C=O) groups is 2. The van der Waals surface area contributed by atoms with Gasteiger partial charge in [-0.15, -0.1) is 0 Å². The van der Waals surface area contributed by atoms with Gasteiger partial charge in [0.1, 0.15) is 11.4 Å². The largest absolute Gasteiger partial charge is 0.462 e. The van der Waals surface area contributed by atoms with E-state index in [1.807, 2.05) is 6.92 Å². The number of aromatic nitrogens is 2. The fourth-order valence-corrected chi connectivity index (χ4v) is 3.21. The van der Waals surface area contributed by atoms with Gasteiger partial charge < -0.3 is 10.1 Å². The summed E-state index contributed by atoms with van der Waals surface area (Å²) in [6.07, 6.45) is 0.750. The van der Waals surface area contributed by atoms with Crippen LogP contribution in [0, 0.1) is 24.0 Å². The van der Waals surface area contributed by atoms with Crippen molar-refractivity contribution in [3.63, 3.8) is 0 Å². The maximum absolute atomic E-state index is 12.5. The van der Waals surface area contributed by atoms with Crippen LogP contribution in [0.25, 0.3) is 0 Å². The van der Waals surface area contributed by atoms with Crippen molar-refractivity contribution < 1.29 is 19.2 Å². The van der Waals surface area contributed by atoms with Gasteiger partial charge in [-0.1, -0.05) is 19.1 Å². The lowest BCUT2D eigenvalue weighted by molar-refractivity contribution is -0.386. The number of hydrogen-bond donors (Lipinski definition) is 1. The van der Waals surface area contributed by atoms with Gasteiger partial charge >= 0.3 is 11.7 Å². The molecule has 0 spiro atoms. The topological polar surface area (TPSA) is 116 Å². The summed E-state index contributed by atoms with van der Waals surface area (Å²) in [4.78, 5) is 35.1. The normalized spacial score (nSPS) is 10.6. The summed E-state index contributed by atoms with van der Waals surface area (Å²) in [5.74, 6) is -0.687. The van der Waals surface area contributed by atoms with E-state index in [1.54, 1.807) is 67.1 Å². The van der Waals surface area contributed by atoms with E-state index in [9.17, 15) is 19.7 Å². The van der Waals surface area contributed by atoms with Crippen LogP contribution in [0.5, 0.6) is 0 Å². The number of esters is 1. The number of nitrogens with one attached hydrogen (secondary N) is 1. The van der Waals surface area contributed by atoms with Gasteiger partial charge in [0.25, 0.3) is 5.91 Å². The van der Waals surface area contributed by atoms with Crippen molar-refractivity contribution in [1.82, 2.24) is 9.78 Å². The van der Waals surface area contributed by atoms with E-state index in [-0.39, 0.29) is 11.6 Å². The standard InChI is InChI=1S/C23H24N4O5/c1-4-13-32-23(29)19-9-11-20(12-10-19)24-22(28)18-7-5-17(6-8-18)14-26-16(3)21(27(30)31)15(2)25-26/h5-12H,4,13-14H2,1-3H3,(H,24,28). The first-order valence-electron chi connectivity index (χ1n) is 10.2. The van der Waals surface area contributed by atoms with Crippen molar-refractivity contribution in [3.8, 4) is 0 Å². The number of ether oxygens (including phenoxy) is 1. The molecular weight excluding hydrogens is 412 g/mol. The van der Waals surface area contributed by atoms with Crippen molar-refractivity contribution >= 4 is 23.3 Å². The molecule has 0 atom stereocenters. The molecule has 0 saturated carbocycles. The van der Waals surface area contributed by atoms with E-state index < -0.39 is 10.9 Å². The molecule has 2 aromatic carbocycles. The first kappa shape index (κ1) is 22.7. The van der Waals surface area contributed by atoms with Gasteiger partial charge in [0.2, 0.25) is 0 Å². The average Bonchev–Trinajstić information content (AvgIpc) is 3.05. The zero-order valence-corrected chi connectivity index (χ0v) is 18.1. The molecule has 0 aliphatic heterocycles. The number of benzene rings is 2. The lowest BCUT2D eigenvalue weighted by atomic mass is 10.1. The first-order valence-corrected chi connectivity index (χ1v) is 10.2. The van der Waals surface area contributed by atoms with E-state index in [2.05, 4.69) is 10.4 Å². The van der Waals surface area contributed by atoms with Crippen molar-refractivity contribution in [3.05, 3.63) is 86.7 Å². The molecule has 0 bridgehead atoms. The minimum Gasteiger partial charge on any atom is -0.462 e. The number of aryl methyl sites for hydroxylation is 1. The Labute approximate surface area is 185 Å². The molecule has 0 fully saturated rings. The molecule has 0 aliphatic carbocycles. The lowest BCUT2D eigenvalue weighted by Gasteiger charge is -2.08. The van der Waals surface area contributed by atoms with Crippen molar-refractivity contribution in [2.45, 2.75) is 33.7 Å². The predicted molar refractivity (Wildman–Crippen MR) is 119 cm³/mol. The third-order valence-corrected chi connectivity index (χ3v) is 4.89. The summed E-state index contributed by atoms with van der Waals surface area (Å²) in [6, 6.07) is 13.4. The van der Waals surface area contributed by atoms with Gasteiger partial charge in [-0.05, 0) is 62.2 Å². The molecule has 1 heterocycles. The quantitative estimate of drug-likeness (QED) is 0.320. The van der Waals surface area contributed by atoms with Crippen LogP contribution in [-0.2, 0) is 11.3 Å². The van der Waals surface area contributed by atoms with Crippen molar-refractivity contribution in [2.75, 3.05) is 11.9 Å². The number of rotatable bonds is 8. The van der Waals surface area contributed by atoms with E-state index in [0.717, 1.165) is 12.0 Å². The molecule has 166 valence electrons. The van der Waals surface area contributed by atoms with Crippen molar-refractivity contribution in [2.24, 2.45) is 0 Å². The Morgan fingerprint density at radius 1 is 1.06 bits per heavy atom. The zero-order chi connectivity index (χ0) is 23.3. The van der Waals surface area contributed by atoms with E-state index >= 15 is 0 Å².